The van der Waals surface area contributed by atoms with Gasteiger partial charge in [-0.25, -0.2) is 0 Å². The molecule has 5 rings (SSSR count). The van der Waals surface area contributed by atoms with Crippen LogP contribution in [0.15, 0.2) is 12.2 Å². The molecule has 0 radical (unpaired) electrons. The van der Waals surface area contributed by atoms with Crippen molar-refractivity contribution in [1.29, 1.82) is 0 Å². The molecule has 9 atom stereocenters. The van der Waals surface area contributed by atoms with Crippen molar-refractivity contribution in [3.8, 4) is 0 Å². The van der Waals surface area contributed by atoms with Crippen LogP contribution in [-0.2, 0) is 33.3 Å². The average Bonchev–Trinajstić information content (AvgIpc) is 2.81. The van der Waals surface area contributed by atoms with E-state index in [1.54, 1.807) is 13.8 Å². The maximum Gasteiger partial charge on any atom is 0.302 e. The van der Waals surface area contributed by atoms with Gasteiger partial charge in [0.25, 0.3) is 0 Å². The SMILES string of the molecule is C=C1C(=O)[C@@]23[C@@H]4[C@H](OC(C)=O)C[C@]1(O)[C@H]2OC(C)(C)O[C@@H]3C[C@@H]1C(C)(C)CC[C@@H](OC(C)=O)[C@]14C. The van der Waals surface area contributed by atoms with Gasteiger partial charge in [0.1, 0.15) is 23.9 Å². The monoisotopic (exact) mass is 490 g/mol. The Labute approximate surface area is 206 Å². The van der Waals surface area contributed by atoms with E-state index in [4.69, 9.17) is 18.9 Å². The van der Waals surface area contributed by atoms with Gasteiger partial charge in [0.2, 0.25) is 0 Å². The van der Waals surface area contributed by atoms with Crippen LogP contribution in [0.1, 0.15) is 74.1 Å². The van der Waals surface area contributed by atoms with Crippen LogP contribution >= 0.6 is 0 Å². The minimum absolute atomic E-state index is 0.00538. The second kappa shape index (κ2) is 7.17. The summed E-state index contributed by atoms with van der Waals surface area (Å²) in [5.74, 6) is -2.81. The maximum atomic E-state index is 14.2. The van der Waals surface area contributed by atoms with Crippen molar-refractivity contribution >= 4 is 17.7 Å². The van der Waals surface area contributed by atoms with Crippen LogP contribution in [0.2, 0.25) is 0 Å². The minimum atomic E-state index is -1.68. The van der Waals surface area contributed by atoms with Crippen LogP contribution in [0.5, 0.6) is 0 Å². The molecule has 0 aromatic carbocycles. The van der Waals surface area contributed by atoms with Gasteiger partial charge in [-0.15, -0.1) is 0 Å². The summed E-state index contributed by atoms with van der Waals surface area (Å²) in [5, 5.41) is 11.9. The van der Waals surface area contributed by atoms with E-state index in [-0.39, 0.29) is 35.1 Å². The highest BCUT2D eigenvalue weighted by Gasteiger charge is 2.84. The quantitative estimate of drug-likeness (QED) is 0.465. The van der Waals surface area contributed by atoms with E-state index >= 15 is 0 Å². The van der Waals surface area contributed by atoms with Crippen molar-refractivity contribution < 1.29 is 38.4 Å². The third-order valence-corrected chi connectivity index (χ3v) is 10.0. The van der Waals surface area contributed by atoms with E-state index in [9.17, 15) is 19.5 Å². The van der Waals surface area contributed by atoms with Gasteiger partial charge < -0.3 is 24.1 Å². The first kappa shape index (κ1) is 24.9. The number of fused-ring (bicyclic) bond motifs is 2. The molecule has 1 spiro atoms. The van der Waals surface area contributed by atoms with Gasteiger partial charge in [-0.3, -0.25) is 14.4 Å². The highest BCUT2D eigenvalue weighted by atomic mass is 16.7. The lowest BCUT2D eigenvalue weighted by atomic mass is 9.38. The molecule has 1 N–H and O–H groups in total. The summed E-state index contributed by atoms with van der Waals surface area (Å²) in [6, 6.07) is 0. The predicted molar refractivity (Wildman–Crippen MR) is 124 cm³/mol. The van der Waals surface area contributed by atoms with Gasteiger partial charge in [-0.2, -0.15) is 0 Å². The molecule has 35 heavy (non-hydrogen) atoms. The average molecular weight is 491 g/mol. The largest absolute Gasteiger partial charge is 0.462 e. The first-order valence-corrected chi connectivity index (χ1v) is 12.7. The van der Waals surface area contributed by atoms with Crippen LogP contribution in [0, 0.1) is 28.1 Å². The summed E-state index contributed by atoms with van der Waals surface area (Å²) in [6.07, 6.45) is -0.777. The molecular weight excluding hydrogens is 452 g/mol. The number of Topliss-reactive ketones (excluding diaryl/α,β-unsaturated/α-hetero) is 1. The van der Waals surface area contributed by atoms with Crippen LogP contribution in [0.25, 0.3) is 0 Å². The number of rotatable bonds is 2. The lowest BCUT2D eigenvalue weighted by Crippen LogP contribution is -2.78. The standard InChI is InChI=1S/C27H38O8/c1-13-21(30)27-19-11-17-23(4,5)10-9-18(33-15(3)29)25(17,8)20(27)16(32-14(2)28)12-26(13,31)22(27)35-24(6,7)34-19/h16-20,22,31H,1,9-12H2,2-8H3/t16-,17-,18-,19-,20-,22-,25+,26-,27-/m1/s1. The second-order valence-corrected chi connectivity index (χ2v) is 12.8. The number of carbonyl (C=O) groups excluding carboxylic acids is 3. The molecule has 0 aromatic rings. The fraction of sp³-hybridized carbons (Fsp3) is 0.815. The summed E-state index contributed by atoms with van der Waals surface area (Å²) >= 11 is 0. The zero-order valence-corrected chi connectivity index (χ0v) is 21.8. The highest BCUT2D eigenvalue weighted by Crippen LogP contribution is 2.74. The van der Waals surface area contributed by atoms with Crippen molar-refractivity contribution in [2.24, 2.45) is 28.1 Å². The number of aliphatic hydroxyl groups is 1. The van der Waals surface area contributed by atoms with Gasteiger partial charge in [0.05, 0.1) is 11.5 Å². The van der Waals surface area contributed by atoms with Crippen molar-refractivity contribution in [3.05, 3.63) is 12.2 Å². The van der Waals surface area contributed by atoms with E-state index in [0.717, 1.165) is 6.42 Å². The molecule has 8 nitrogen and oxygen atoms in total. The Bertz CT molecular complexity index is 1010. The lowest BCUT2D eigenvalue weighted by molar-refractivity contribution is -0.406. The Balaban J connectivity index is 1.80. The topological polar surface area (TPSA) is 108 Å². The van der Waals surface area contributed by atoms with Crippen LogP contribution in [0.3, 0.4) is 0 Å². The normalized spacial score (nSPS) is 49.0. The summed E-state index contributed by atoms with van der Waals surface area (Å²) in [6.45, 7) is 16.8. The molecule has 0 aromatic heterocycles. The third kappa shape index (κ3) is 2.99. The van der Waals surface area contributed by atoms with E-state index in [1.807, 2.05) is 0 Å². The van der Waals surface area contributed by atoms with Crippen molar-refractivity contribution in [2.75, 3.05) is 0 Å². The fourth-order valence-corrected chi connectivity index (χ4v) is 8.99. The summed E-state index contributed by atoms with van der Waals surface area (Å²) < 4.78 is 24.8. The highest BCUT2D eigenvalue weighted by molar-refractivity contribution is 6.06. The van der Waals surface area contributed by atoms with E-state index in [2.05, 4.69) is 27.4 Å². The molecular formula is C27H38O8. The molecule has 1 heterocycles. The van der Waals surface area contributed by atoms with Crippen LogP contribution in [-0.4, -0.2) is 58.6 Å². The number of hydrogen-bond acceptors (Lipinski definition) is 8. The molecule has 4 saturated carbocycles. The van der Waals surface area contributed by atoms with Crippen molar-refractivity contribution in [2.45, 2.75) is 110 Å². The Morgan fingerprint density at radius 3 is 2.29 bits per heavy atom. The molecule has 194 valence electrons. The minimum Gasteiger partial charge on any atom is -0.462 e. The molecule has 4 aliphatic carbocycles. The number of carbonyl (C=O) groups is 3. The zero-order valence-electron chi connectivity index (χ0n) is 21.8. The molecule has 0 unspecified atom stereocenters. The Hall–Kier alpha value is -1.77. The number of esters is 2. The molecule has 5 aliphatic rings. The predicted octanol–water partition coefficient (Wildman–Crippen LogP) is 3.09. The Morgan fingerprint density at radius 1 is 1.06 bits per heavy atom. The Morgan fingerprint density at radius 2 is 1.69 bits per heavy atom. The van der Waals surface area contributed by atoms with Gasteiger partial charge >= 0.3 is 11.9 Å². The van der Waals surface area contributed by atoms with Gasteiger partial charge in [0.15, 0.2) is 11.6 Å². The molecule has 2 bridgehead atoms. The maximum absolute atomic E-state index is 14.2. The van der Waals surface area contributed by atoms with E-state index in [0.29, 0.717) is 12.8 Å². The third-order valence-electron chi connectivity index (χ3n) is 10.0. The lowest BCUT2D eigenvalue weighted by Gasteiger charge is -2.70. The van der Waals surface area contributed by atoms with Crippen LogP contribution < -0.4 is 0 Å². The van der Waals surface area contributed by atoms with E-state index < -0.39 is 58.5 Å². The fourth-order valence-electron chi connectivity index (χ4n) is 8.99. The first-order valence-electron chi connectivity index (χ1n) is 12.7. The van der Waals surface area contributed by atoms with Crippen molar-refractivity contribution in [3.63, 3.8) is 0 Å². The number of ketones is 1. The molecule has 0 amide bonds. The number of hydrogen-bond donors (Lipinski definition) is 1. The summed E-state index contributed by atoms with van der Waals surface area (Å²) in [7, 11) is 0. The van der Waals surface area contributed by atoms with Crippen molar-refractivity contribution in [1.82, 2.24) is 0 Å². The number of ether oxygens (including phenoxy) is 4. The summed E-state index contributed by atoms with van der Waals surface area (Å²) in [5.41, 5.74) is -3.80. The van der Waals surface area contributed by atoms with Gasteiger partial charge in [-0.1, -0.05) is 27.4 Å². The molecule has 8 heteroatoms. The zero-order chi connectivity index (χ0) is 25.9. The first-order chi connectivity index (χ1) is 16.0. The van der Waals surface area contributed by atoms with Gasteiger partial charge in [0, 0.05) is 37.2 Å². The second-order valence-electron chi connectivity index (χ2n) is 12.8. The molecule has 1 aliphatic heterocycles. The smallest absolute Gasteiger partial charge is 0.302 e. The Kier molecular flexibility index (Phi) is 5.10. The van der Waals surface area contributed by atoms with E-state index in [1.165, 1.54) is 13.8 Å². The van der Waals surface area contributed by atoms with Crippen LogP contribution in [0.4, 0.5) is 0 Å². The summed E-state index contributed by atoms with van der Waals surface area (Å²) in [4.78, 5) is 38.8. The molecule has 1 saturated heterocycles. The van der Waals surface area contributed by atoms with Gasteiger partial charge in [-0.05, 0) is 44.4 Å². The molecule has 5 fully saturated rings.